The molecule has 5 heteroatoms. The number of halogens is 1. The Labute approximate surface area is 98.6 Å². The molecule has 1 rings (SSSR count). The van der Waals surface area contributed by atoms with Crippen LogP contribution in [0.15, 0.2) is 12.1 Å². The fraction of sp³-hybridized carbons (Fsp3) is 0.500. The van der Waals surface area contributed by atoms with Gasteiger partial charge in [0.1, 0.15) is 0 Å². The van der Waals surface area contributed by atoms with E-state index in [2.05, 4.69) is 5.32 Å². The highest BCUT2D eigenvalue weighted by Crippen LogP contribution is 2.26. The van der Waals surface area contributed by atoms with Gasteiger partial charge in [-0.3, -0.25) is 4.79 Å². The summed E-state index contributed by atoms with van der Waals surface area (Å²) in [5.41, 5.74) is 4.82. The molecule has 1 amide bonds. The van der Waals surface area contributed by atoms with Crippen molar-refractivity contribution in [2.75, 3.05) is 0 Å². The number of rotatable bonds is 3. The van der Waals surface area contributed by atoms with Crippen LogP contribution in [-0.2, 0) is 4.79 Å². The lowest BCUT2D eigenvalue weighted by Crippen LogP contribution is -2.49. The van der Waals surface area contributed by atoms with Crippen molar-refractivity contribution < 1.29 is 4.79 Å². The van der Waals surface area contributed by atoms with Gasteiger partial charge in [0.15, 0.2) is 0 Å². The summed E-state index contributed by atoms with van der Waals surface area (Å²) >= 11 is 7.27. The molecule has 0 fully saturated rings. The van der Waals surface area contributed by atoms with Crippen molar-refractivity contribution in [3.05, 3.63) is 21.3 Å². The second-order valence-electron chi connectivity index (χ2n) is 4.06. The average Bonchev–Trinajstić information content (AvgIpc) is 2.50. The maximum absolute atomic E-state index is 11.6. The van der Waals surface area contributed by atoms with Gasteiger partial charge in [0.25, 0.3) is 0 Å². The molecule has 0 spiro atoms. The number of carbonyl (C=O) groups excluding carboxylic acids is 1. The molecule has 3 nitrogen and oxygen atoms in total. The standard InChI is InChI=1S/C10H15ClN2OS/c1-6(7-4-5-8(11)15-7)13-9(14)10(2,3)12/h4-6H,12H2,1-3H3,(H,13,14). The SMILES string of the molecule is CC(NC(=O)C(C)(C)N)c1ccc(Cl)s1. The molecule has 0 bridgehead atoms. The Kier molecular flexibility index (Phi) is 3.76. The van der Waals surface area contributed by atoms with E-state index in [1.54, 1.807) is 13.8 Å². The summed E-state index contributed by atoms with van der Waals surface area (Å²) < 4.78 is 0.720. The van der Waals surface area contributed by atoms with Gasteiger partial charge in [-0.1, -0.05) is 11.6 Å². The van der Waals surface area contributed by atoms with E-state index in [1.807, 2.05) is 19.1 Å². The van der Waals surface area contributed by atoms with E-state index in [9.17, 15) is 4.79 Å². The molecule has 15 heavy (non-hydrogen) atoms. The summed E-state index contributed by atoms with van der Waals surface area (Å²) in [6, 6.07) is 3.66. The number of nitrogens with two attached hydrogens (primary N) is 1. The molecule has 0 saturated heterocycles. The van der Waals surface area contributed by atoms with Crippen LogP contribution in [0, 0.1) is 0 Å². The molecule has 1 heterocycles. The van der Waals surface area contributed by atoms with Gasteiger partial charge in [-0.15, -0.1) is 11.3 Å². The largest absolute Gasteiger partial charge is 0.347 e. The van der Waals surface area contributed by atoms with Crippen molar-refractivity contribution in [3.8, 4) is 0 Å². The van der Waals surface area contributed by atoms with Gasteiger partial charge >= 0.3 is 0 Å². The van der Waals surface area contributed by atoms with E-state index in [0.717, 1.165) is 9.21 Å². The predicted octanol–water partition coefficient (Wildman–Crippen LogP) is 2.32. The van der Waals surface area contributed by atoms with Gasteiger partial charge in [-0.05, 0) is 32.9 Å². The Hall–Kier alpha value is -0.580. The van der Waals surface area contributed by atoms with Crippen LogP contribution in [-0.4, -0.2) is 11.4 Å². The third-order valence-corrected chi connectivity index (χ3v) is 3.37. The molecule has 1 atom stereocenters. The molecule has 0 aliphatic heterocycles. The van der Waals surface area contributed by atoms with E-state index in [4.69, 9.17) is 17.3 Å². The van der Waals surface area contributed by atoms with Gasteiger partial charge in [0.05, 0.1) is 15.9 Å². The second kappa shape index (κ2) is 4.51. The van der Waals surface area contributed by atoms with E-state index >= 15 is 0 Å². The maximum atomic E-state index is 11.6. The van der Waals surface area contributed by atoms with Crippen LogP contribution >= 0.6 is 22.9 Å². The maximum Gasteiger partial charge on any atom is 0.240 e. The van der Waals surface area contributed by atoms with Crippen molar-refractivity contribution in [1.29, 1.82) is 0 Å². The normalized spacial score (nSPS) is 13.7. The zero-order valence-corrected chi connectivity index (χ0v) is 10.6. The van der Waals surface area contributed by atoms with Crippen LogP contribution in [0.4, 0.5) is 0 Å². The molecule has 1 aromatic rings. The first-order chi connectivity index (χ1) is 6.80. The predicted molar refractivity (Wildman–Crippen MR) is 64.2 cm³/mol. The lowest BCUT2D eigenvalue weighted by molar-refractivity contribution is -0.125. The summed E-state index contributed by atoms with van der Waals surface area (Å²) in [5, 5.41) is 2.84. The molecular formula is C10H15ClN2OS. The Morgan fingerprint density at radius 3 is 2.60 bits per heavy atom. The monoisotopic (exact) mass is 246 g/mol. The van der Waals surface area contributed by atoms with Crippen molar-refractivity contribution in [1.82, 2.24) is 5.32 Å². The van der Waals surface area contributed by atoms with E-state index in [1.165, 1.54) is 11.3 Å². The topological polar surface area (TPSA) is 55.1 Å². The fourth-order valence-electron chi connectivity index (χ4n) is 1.01. The third-order valence-electron chi connectivity index (χ3n) is 1.95. The zero-order valence-electron chi connectivity index (χ0n) is 9.00. The molecule has 0 aliphatic rings. The Bertz CT molecular complexity index is 357. The van der Waals surface area contributed by atoms with Crippen molar-refractivity contribution in [2.45, 2.75) is 32.4 Å². The lowest BCUT2D eigenvalue weighted by atomic mass is 10.1. The van der Waals surface area contributed by atoms with Gasteiger partial charge in [-0.2, -0.15) is 0 Å². The van der Waals surface area contributed by atoms with Crippen LogP contribution in [0.5, 0.6) is 0 Å². The number of carbonyl (C=O) groups is 1. The van der Waals surface area contributed by atoms with Crippen LogP contribution < -0.4 is 11.1 Å². The average molecular weight is 247 g/mol. The number of thiophene rings is 1. The number of hydrogen-bond acceptors (Lipinski definition) is 3. The van der Waals surface area contributed by atoms with Gasteiger partial charge in [0.2, 0.25) is 5.91 Å². The summed E-state index contributed by atoms with van der Waals surface area (Å²) in [5.74, 6) is -0.167. The minimum atomic E-state index is -0.852. The highest BCUT2D eigenvalue weighted by Gasteiger charge is 2.23. The van der Waals surface area contributed by atoms with Crippen LogP contribution in [0.25, 0.3) is 0 Å². The molecule has 0 radical (unpaired) electrons. The molecule has 1 aromatic heterocycles. The highest BCUT2D eigenvalue weighted by molar-refractivity contribution is 7.16. The van der Waals surface area contributed by atoms with Gasteiger partial charge in [-0.25, -0.2) is 0 Å². The molecule has 3 N–H and O–H groups in total. The van der Waals surface area contributed by atoms with E-state index in [-0.39, 0.29) is 11.9 Å². The van der Waals surface area contributed by atoms with Crippen molar-refractivity contribution in [2.24, 2.45) is 5.73 Å². The van der Waals surface area contributed by atoms with Crippen molar-refractivity contribution in [3.63, 3.8) is 0 Å². The first kappa shape index (κ1) is 12.5. The summed E-state index contributed by atoms with van der Waals surface area (Å²) in [6.45, 7) is 5.26. The van der Waals surface area contributed by atoms with Crippen molar-refractivity contribution >= 4 is 28.8 Å². The molecule has 0 saturated carbocycles. The van der Waals surface area contributed by atoms with Crippen LogP contribution in [0.2, 0.25) is 4.34 Å². The minimum Gasteiger partial charge on any atom is -0.347 e. The Balaban J connectivity index is 2.64. The first-order valence-electron chi connectivity index (χ1n) is 4.66. The van der Waals surface area contributed by atoms with E-state index < -0.39 is 5.54 Å². The molecule has 0 aliphatic carbocycles. The molecular weight excluding hydrogens is 232 g/mol. The number of amides is 1. The van der Waals surface area contributed by atoms with Crippen LogP contribution in [0.1, 0.15) is 31.7 Å². The summed E-state index contributed by atoms with van der Waals surface area (Å²) in [4.78, 5) is 12.6. The van der Waals surface area contributed by atoms with Crippen LogP contribution in [0.3, 0.4) is 0 Å². The second-order valence-corrected chi connectivity index (χ2v) is 5.81. The smallest absolute Gasteiger partial charge is 0.240 e. The quantitative estimate of drug-likeness (QED) is 0.860. The van der Waals surface area contributed by atoms with Gasteiger partial charge in [0, 0.05) is 4.88 Å². The molecule has 0 aromatic carbocycles. The Morgan fingerprint density at radius 2 is 2.20 bits per heavy atom. The zero-order chi connectivity index (χ0) is 11.6. The Morgan fingerprint density at radius 1 is 1.60 bits per heavy atom. The number of hydrogen-bond donors (Lipinski definition) is 2. The number of nitrogens with one attached hydrogen (secondary N) is 1. The fourth-order valence-corrected chi connectivity index (χ4v) is 2.08. The first-order valence-corrected chi connectivity index (χ1v) is 5.85. The molecule has 84 valence electrons. The summed E-state index contributed by atoms with van der Waals surface area (Å²) in [6.07, 6.45) is 0. The minimum absolute atomic E-state index is 0.0576. The lowest BCUT2D eigenvalue weighted by Gasteiger charge is -2.21. The summed E-state index contributed by atoms with van der Waals surface area (Å²) in [7, 11) is 0. The highest BCUT2D eigenvalue weighted by atomic mass is 35.5. The van der Waals surface area contributed by atoms with E-state index in [0.29, 0.717) is 0 Å². The van der Waals surface area contributed by atoms with Gasteiger partial charge < -0.3 is 11.1 Å². The molecule has 1 unspecified atom stereocenters. The third kappa shape index (κ3) is 3.48.